The van der Waals surface area contributed by atoms with Gasteiger partial charge in [0.15, 0.2) is 5.82 Å². The molecule has 2 aromatic heterocycles. The average Bonchev–Trinajstić information content (AvgIpc) is 3.11. The first-order chi connectivity index (χ1) is 9.43. The van der Waals surface area contributed by atoms with Gasteiger partial charge in [-0.3, -0.25) is 0 Å². The van der Waals surface area contributed by atoms with Crippen LogP contribution in [0, 0.1) is 0 Å². The van der Waals surface area contributed by atoms with Crippen molar-refractivity contribution in [1.29, 1.82) is 0 Å². The molecular formula is C14H18N4S. The number of aromatic nitrogens is 2. The Morgan fingerprint density at radius 2 is 2.37 bits per heavy atom. The third-order valence-electron chi connectivity index (χ3n) is 3.49. The first-order valence-corrected chi connectivity index (χ1v) is 7.59. The van der Waals surface area contributed by atoms with Crippen molar-refractivity contribution in [3.05, 3.63) is 40.7 Å². The lowest BCUT2D eigenvalue weighted by Crippen LogP contribution is -2.38. The largest absolute Gasteiger partial charge is 0.351 e. The van der Waals surface area contributed by atoms with E-state index < -0.39 is 0 Å². The summed E-state index contributed by atoms with van der Waals surface area (Å²) in [5.74, 6) is 1.00. The first-order valence-electron chi connectivity index (χ1n) is 6.71. The zero-order valence-electron chi connectivity index (χ0n) is 10.8. The summed E-state index contributed by atoms with van der Waals surface area (Å²) in [6.07, 6.45) is 4.19. The highest BCUT2D eigenvalue weighted by Crippen LogP contribution is 2.22. The number of nitrogens with one attached hydrogen (secondary N) is 1. The Balaban J connectivity index is 1.55. The van der Waals surface area contributed by atoms with E-state index >= 15 is 0 Å². The predicted octanol–water partition coefficient (Wildman–Crippen LogP) is 2.30. The van der Waals surface area contributed by atoms with Crippen LogP contribution in [0.1, 0.15) is 17.7 Å². The Morgan fingerprint density at radius 1 is 1.37 bits per heavy atom. The summed E-state index contributed by atoms with van der Waals surface area (Å²) in [6.45, 7) is 3.06. The number of hydrogen-bond donors (Lipinski definition) is 1. The molecule has 0 bridgehead atoms. The van der Waals surface area contributed by atoms with Gasteiger partial charge in [-0.2, -0.15) is 5.10 Å². The van der Waals surface area contributed by atoms with Crippen LogP contribution >= 0.6 is 11.3 Å². The number of hydrogen-bond acceptors (Lipinski definition) is 5. The highest BCUT2D eigenvalue weighted by Gasteiger charge is 2.25. The van der Waals surface area contributed by atoms with E-state index in [1.54, 1.807) is 17.5 Å². The molecule has 0 unspecified atom stereocenters. The van der Waals surface area contributed by atoms with Gasteiger partial charge in [0.05, 0.1) is 0 Å². The van der Waals surface area contributed by atoms with E-state index in [0.717, 1.165) is 25.5 Å². The lowest BCUT2D eigenvalue weighted by Gasteiger charge is -2.25. The van der Waals surface area contributed by atoms with Gasteiger partial charge in [-0.1, -0.05) is 6.07 Å². The second-order valence-electron chi connectivity index (χ2n) is 4.78. The van der Waals surface area contributed by atoms with Crippen LogP contribution in [-0.2, 0) is 6.54 Å². The third kappa shape index (κ3) is 3.11. The molecule has 1 fully saturated rings. The molecule has 1 aliphatic rings. The summed E-state index contributed by atoms with van der Waals surface area (Å²) in [7, 11) is 0. The number of nitrogens with zero attached hydrogens (tertiary/aromatic N) is 3. The molecule has 0 radical (unpaired) electrons. The van der Waals surface area contributed by atoms with Crippen molar-refractivity contribution < 1.29 is 0 Å². The highest BCUT2D eigenvalue weighted by molar-refractivity contribution is 7.09. The van der Waals surface area contributed by atoms with Crippen molar-refractivity contribution in [3.63, 3.8) is 0 Å². The maximum atomic E-state index is 4.22. The third-order valence-corrected chi connectivity index (χ3v) is 4.37. The lowest BCUT2D eigenvalue weighted by atomic mass is 10.2. The Bertz CT molecular complexity index is 485. The van der Waals surface area contributed by atoms with Gasteiger partial charge in [0, 0.05) is 36.8 Å². The van der Waals surface area contributed by atoms with Gasteiger partial charge in [0.1, 0.15) is 0 Å². The van der Waals surface area contributed by atoms with E-state index in [4.69, 9.17) is 0 Å². The molecule has 3 rings (SSSR count). The van der Waals surface area contributed by atoms with Crippen molar-refractivity contribution >= 4 is 17.2 Å². The van der Waals surface area contributed by atoms with E-state index in [0.29, 0.717) is 6.04 Å². The minimum Gasteiger partial charge on any atom is -0.351 e. The molecule has 0 saturated carbocycles. The number of thiophene rings is 1. The monoisotopic (exact) mass is 274 g/mol. The summed E-state index contributed by atoms with van der Waals surface area (Å²) in [4.78, 5) is 3.76. The molecule has 1 N–H and O–H groups in total. The molecule has 0 amide bonds. The van der Waals surface area contributed by atoms with Gasteiger partial charge in [-0.05, 0) is 36.4 Å². The van der Waals surface area contributed by atoms with Gasteiger partial charge >= 0.3 is 0 Å². The minimum absolute atomic E-state index is 0.539. The summed E-state index contributed by atoms with van der Waals surface area (Å²) < 4.78 is 0. The van der Waals surface area contributed by atoms with Gasteiger partial charge in [-0.25, -0.2) is 0 Å². The molecule has 100 valence electrons. The zero-order valence-corrected chi connectivity index (χ0v) is 11.6. The fraction of sp³-hybridized carbons (Fsp3) is 0.429. The van der Waals surface area contributed by atoms with Gasteiger partial charge < -0.3 is 10.2 Å². The molecule has 1 atom stereocenters. The molecular weight excluding hydrogens is 256 g/mol. The Hall–Kier alpha value is -1.46. The second kappa shape index (κ2) is 6.12. The quantitative estimate of drug-likeness (QED) is 0.908. The molecule has 3 heterocycles. The van der Waals surface area contributed by atoms with Crippen LogP contribution in [0.3, 0.4) is 0 Å². The fourth-order valence-electron chi connectivity index (χ4n) is 2.57. The topological polar surface area (TPSA) is 41.1 Å². The summed E-state index contributed by atoms with van der Waals surface area (Å²) >= 11 is 1.80. The normalized spacial score (nSPS) is 18.9. The van der Waals surface area contributed by atoms with E-state index in [1.807, 2.05) is 12.1 Å². The van der Waals surface area contributed by atoms with E-state index in [1.165, 1.54) is 17.7 Å². The van der Waals surface area contributed by atoms with Crippen LogP contribution in [0.5, 0.6) is 0 Å². The van der Waals surface area contributed by atoms with Crippen molar-refractivity contribution in [2.45, 2.75) is 25.4 Å². The van der Waals surface area contributed by atoms with Gasteiger partial charge in [0.25, 0.3) is 0 Å². The minimum atomic E-state index is 0.539. The van der Waals surface area contributed by atoms with Gasteiger partial charge in [-0.15, -0.1) is 16.4 Å². The van der Waals surface area contributed by atoms with Crippen molar-refractivity contribution in [2.75, 3.05) is 18.0 Å². The molecule has 0 spiro atoms. The zero-order chi connectivity index (χ0) is 12.9. The molecule has 0 aliphatic carbocycles. The van der Waals surface area contributed by atoms with Crippen LogP contribution < -0.4 is 10.2 Å². The van der Waals surface area contributed by atoms with E-state index in [9.17, 15) is 0 Å². The number of rotatable bonds is 5. The average molecular weight is 274 g/mol. The van der Waals surface area contributed by atoms with Gasteiger partial charge in [0.2, 0.25) is 0 Å². The Labute approximate surface area is 117 Å². The smallest absolute Gasteiger partial charge is 0.151 e. The van der Waals surface area contributed by atoms with Crippen molar-refractivity contribution in [2.24, 2.45) is 0 Å². The van der Waals surface area contributed by atoms with Crippen molar-refractivity contribution in [3.8, 4) is 0 Å². The number of anilines is 1. The van der Waals surface area contributed by atoms with Crippen molar-refractivity contribution in [1.82, 2.24) is 15.5 Å². The Morgan fingerprint density at radius 3 is 3.16 bits per heavy atom. The van der Waals surface area contributed by atoms with Crippen LogP contribution in [0.15, 0.2) is 35.8 Å². The summed E-state index contributed by atoms with van der Waals surface area (Å²) in [6, 6.07) is 8.81. The van der Waals surface area contributed by atoms with E-state index in [2.05, 4.69) is 37.9 Å². The molecule has 4 nitrogen and oxygen atoms in total. The Kier molecular flexibility index (Phi) is 4.05. The molecule has 2 aromatic rings. The molecule has 0 aromatic carbocycles. The molecule has 1 saturated heterocycles. The lowest BCUT2D eigenvalue weighted by molar-refractivity contribution is 0.572. The first kappa shape index (κ1) is 12.6. The fourth-order valence-corrected chi connectivity index (χ4v) is 3.25. The highest BCUT2D eigenvalue weighted by atomic mass is 32.1. The molecule has 19 heavy (non-hydrogen) atoms. The molecule has 5 heteroatoms. The van der Waals surface area contributed by atoms with Crippen LogP contribution in [0.2, 0.25) is 0 Å². The molecule has 1 aliphatic heterocycles. The maximum Gasteiger partial charge on any atom is 0.151 e. The van der Waals surface area contributed by atoms with Crippen LogP contribution in [0.25, 0.3) is 0 Å². The predicted molar refractivity (Wildman–Crippen MR) is 78.4 cm³/mol. The van der Waals surface area contributed by atoms with Crippen LogP contribution in [-0.4, -0.2) is 29.3 Å². The second-order valence-corrected chi connectivity index (χ2v) is 5.81. The van der Waals surface area contributed by atoms with Crippen LogP contribution in [0.4, 0.5) is 5.82 Å². The summed E-state index contributed by atoms with van der Waals surface area (Å²) in [5, 5.41) is 13.9. The summed E-state index contributed by atoms with van der Waals surface area (Å²) in [5.41, 5.74) is 0. The standard InChI is InChI=1S/C14H18N4S/c1-6-14(17-16-7-1)18-8-2-4-12(18)10-15-11-13-5-3-9-19-13/h1,3,5-7,9,12,15H,2,4,8,10-11H2/t12-/m1/s1. The SMILES string of the molecule is c1cnnc(N2CCC[C@@H]2CNCc2cccs2)c1. The maximum absolute atomic E-state index is 4.22. The van der Waals surface area contributed by atoms with E-state index in [-0.39, 0.29) is 0 Å².